The molecule has 0 aliphatic heterocycles. The number of pyridine rings is 1. The number of aryl methyl sites for hydroxylation is 1. The number of fused-ring (bicyclic) bond motifs is 1. The fourth-order valence-electron chi connectivity index (χ4n) is 3.59. The lowest BCUT2D eigenvalue weighted by Crippen LogP contribution is -2.07. The van der Waals surface area contributed by atoms with E-state index in [1.54, 1.807) is 0 Å². The first-order chi connectivity index (χ1) is 12.2. The Morgan fingerprint density at radius 3 is 2.64 bits per heavy atom. The number of aromatic nitrogens is 2. The lowest BCUT2D eigenvalue weighted by molar-refractivity contribution is 0.781. The maximum Gasteiger partial charge on any atom is 0.0459 e. The van der Waals surface area contributed by atoms with Gasteiger partial charge in [-0.15, -0.1) is 0 Å². The van der Waals surface area contributed by atoms with Crippen molar-refractivity contribution in [3.63, 3.8) is 0 Å². The van der Waals surface area contributed by atoms with Gasteiger partial charge in [0.25, 0.3) is 0 Å². The molecule has 0 bridgehead atoms. The lowest BCUT2D eigenvalue weighted by Gasteiger charge is -2.19. The average molecular weight is 391 g/mol. The fraction of sp³-hybridized carbons (Fsp3) is 0.136. The summed E-state index contributed by atoms with van der Waals surface area (Å²) in [6, 6.07) is 23.3. The van der Waals surface area contributed by atoms with E-state index in [-0.39, 0.29) is 5.92 Å². The van der Waals surface area contributed by atoms with Crippen LogP contribution < -0.4 is 0 Å². The van der Waals surface area contributed by atoms with Crippen molar-refractivity contribution in [2.24, 2.45) is 0 Å². The van der Waals surface area contributed by atoms with Gasteiger partial charge in [-0.3, -0.25) is 4.98 Å². The van der Waals surface area contributed by atoms with Crippen molar-refractivity contribution in [2.45, 2.75) is 19.3 Å². The molecule has 25 heavy (non-hydrogen) atoms. The summed E-state index contributed by atoms with van der Waals surface area (Å²) in [7, 11) is 0. The van der Waals surface area contributed by atoms with E-state index < -0.39 is 0 Å². The highest BCUT2D eigenvalue weighted by Gasteiger charge is 2.22. The highest BCUT2D eigenvalue weighted by molar-refractivity contribution is 9.10. The van der Waals surface area contributed by atoms with Crippen LogP contribution in [0.1, 0.15) is 28.4 Å². The molecule has 0 spiro atoms. The number of nitrogens with zero attached hydrogens (tertiary/aromatic N) is 1. The van der Waals surface area contributed by atoms with Gasteiger partial charge in [-0.05, 0) is 48.4 Å². The zero-order chi connectivity index (χ0) is 17.2. The third-order valence-electron chi connectivity index (χ3n) is 4.68. The Hall–Kier alpha value is -2.39. The maximum atomic E-state index is 4.56. The van der Waals surface area contributed by atoms with E-state index in [0.29, 0.717) is 0 Å². The SMILES string of the molecule is Cc1[nH]c2ccccc2c1C(Cc1ccccn1)c1cccc(Br)c1. The molecule has 1 unspecified atom stereocenters. The van der Waals surface area contributed by atoms with E-state index in [4.69, 9.17) is 0 Å². The summed E-state index contributed by atoms with van der Waals surface area (Å²) in [6.45, 7) is 2.17. The first-order valence-electron chi connectivity index (χ1n) is 8.45. The molecule has 2 aromatic heterocycles. The van der Waals surface area contributed by atoms with Crippen LogP contribution in [0.5, 0.6) is 0 Å². The molecule has 0 fully saturated rings. The average Bonchev–Trinajstić information content (AvgIpc) is 2.96. The van der Waals surface area contributed by atoms with Crippen molar-refractivity contribution in [1.29, 1.82) is 0 Å². The normalized spacial score (nSPS) is 12.4. The number of hydrogen-bond donors (Lipinski definition) is 1. The number of rotatable bonds is 4. The number of para-hydroxylation sites is 1. The second-order valence-corrected chi connectivity index (χ2v) is 7.26. The van der Waals surface area contributed by atoms with Crippen molar-refractivity contribution in [3.8, 4) is 0 Å². The Bertz CT molecular complexity index is 1000. The van der Waals surface area contributed by atoms with Gasteiger partial charge in [-0.2, -0.15) is 0 Å². The Morgan fingerprint density at radius 2 is 1.84 bits per heavy atom. The molecule has 3 heteroatoms. The van der Waals surface area contributed by atoms with Crippen LogP contribution in [0.2, 0.25) is 0 Å². The minimum Gasteiger partial charge on any atom is -0.358 e. The van der Waals surface area contributed by atoms with Crippen molar-refractivity contribution < 1.29 is 0 Å². The third-order valence-corrected chi connectivity index (χ3v) is 5.18. The van der Waals surface area contributed by atoms with Gasteiger partial charge in [0.2, 0.25) is 0 Å². The zero-order valence-electron chi connectivity index (χ0n) is 14.0. The summed E-state index contributed by atoms with van der Waals surface area (Å²) in [6.07, 6.45) is 2.75. The smallest absolute Gasteiger partial charge is 0.0459 e. The van der Waals surface area contributed by atoms with Crippen molar-refractivity contribution in [3.05, 3.63) is 99.9 Å². The molecular formula is C22H19BrN2. The maximum absolute atomic E-state index is 4.56. The molecule has 4 rings (SSSR count). The molecule has 1 atom stereocenters. The highest BCUT2D eigenvalue weighted by atomic mass is 79.9. The van der Waals surface area contributed by atoms with Gasteiger partial charge in [0, 0.05) is 45.3 Å². The predicted octanol–water partition coefficient (Wildman–Crippen LogP) is 6.01. The van der Waals surface area contributed by atoms with E-state index in [2.05, 4.69) is 93.5 Å². The minimum atomic E-state index is 0.253. The second-order valence-electron chi connectivity index (χ2n) is 6.34. The highest BCUT2D eigenvalue weighted by Crippen LogP contribution is 2.36. The van der Waals surface area contributed by atoms with Gasteiger partial charge >= 0.3 is 0 Å². The van der Waals surface area contributed by atoms with Gasteiger partial charge in [-0.1, -0.05) is 52.3 Å². The molecule has 0 aliphatic rings. The van der Waals surface area contributed by atoms with Gasteiger partial charge < -0.3 is 4.98 Å². The van der Waals surface area contributed by atoms with Crippen LogP contribution in [0.3, 0.4) is 0 Å². The standard InChI is InChI=1S/C22H19BrN2/c1-15-22(19-10-2-3-11-21(19)25-15)20(14-18-9-4-5-12-24-18)16-7-6-8-17(23)13-16/h2-13,20,25H,14H2,1H3. The second kappa shape index (κ2) is 6.85. The topological polar surface area (TPSA) is 28.7 Å². The van der Waals surface area contributed by atoms with Crippen molar-refractivity contribution in [1.82, 2.24) is 9.97 Å². The van der Waals surface area contributed by atoms with Crippen LogP contribution in [0, 0.1) is 6.92 Å². The molecule has 1 N–H and O–H groups in total. The molecule has 2 nitrogen and oxygen atoms in total. The number of halogens is 1. The lowest BCUT2D eigenvalue weighted by atomic mass is 9.85. The molecule has 0 saturated heterocycles. The molecule has 2 heterocycles. The molecule has 2 aromatic carbocycles. The molecule has 0 aliphatic carbocycles. The first-order valence-corrected chi connectivity index (χ1v) is 9.24. The van der Waals surface area contributed by atoms with Gasteiger partial charge in [0.15, 0.2) is 0 Å². The molecule has 0 radical (unpaired) electrons. The molecule has 0 amide bonds. The van der Waals surface area contributed by atoms with Crippen molar-refractivity contribution >= 4 is 26.8 Å². The largest absolute Gasteiger partial charge is 0.358 e. The number of nitrogens with one attached hydrogen (secondary N) is 1. The zero-order valence-corrected chi connectivity index (χ0v) is 15.6. The van der Waals surface area contributed by atoms with Crippen LogP contribution in [0.4, 0.5) is 0 Å². The molecule has 124 valence electrons. The quantitative estimate of drug-likeness (QED) is 0.454. The van der Waals surface area contributed by atoms with E-state index in [1.807, 2.05) is 12.3 Å². The third kappa shape index (κ3) is 3.24. The summed E-state index contributed by atoms with van der Waals surface area (Å²) in [5.74, 6) is 0.253. The number of aromatic amines is 1. The van der Waals surface area contributed by atoms with Crippen LogP contribution >= 0.6 is 15.9 Å². The Kier molecular flexibility index (Phi) is 4.41. The Labute approximate surface area is 156 Å². The summed E-state index contributed by atoms with van der Waals surface area (Å²) >= 11 is 3.62. The van der Waals surface area contributed by atoms with E-state index >= 15 is 0 Å². The fourth-order valence-corrected chi connectivity index (χ4v) is 4.00. The molecule has 4 aromatic rings. The van der Waals surface area contributed by atoms with Crippen LogP contribution in [0.25, 0.3) is 10.9 Å². The predicted molar refractivity (Wildman–Crippen MR) is 107 cm³/mol. The Morgan fingerprint density at radius 1 is 1.00 bits per heavy atom. The molecular weight excluding hydrogens is 372 g/mol. The minimum absolute atomic E-state index is 0.253. The first kappa shape index (κ1) is 16.1. The monoisotopic (exact) mass is 390 g/mol. The molecule has 0 saturated carbocycles. The van der Waals surface area contributed by atoms with Crippen molar-refractivity contribution in [2.75, 3.05) is 0 Å². The number of benzene rings is 2. The number of hydrogen-bond acceptors (Lipinski definition) is 1. The summed E-state index contributed by atoms with van der Waals surface area (Å²) < 4.78 is 1.11. The number of H-pyrrole nitrogens is 1. The van der Waals surface area contributed by atoms with Gasteiger partial charge in [-0.25, -0.2) is 0 Å². The van der Waals surface area contributed by atoms with Gasteiger partial charge in [0.05, 0.1) is 0 Å². The van der Waals surface area contributed by atoms with E-state index in [9.17, 15) is 0 Å². The Balaban J connectivity index is 1.89. The summed E-state index contributed by atoms with van der Waals surface area (Å²) in [5.41, 5.74) is 6.18. The van der Waals surface area contributed by atoms with E-state index in [0.717, 1.165) is 16.6 Å². The van der Waals surface area contributed by atoms with Gasteiger partial charge in [0.1, 0.15) is 0 Å². The van der Waals surface area contributed by atoms with E-state index in [1.165, 1.54) is 27.7 Å². The summed E-state index contributed by atoms with van der Waals surface area (Å²) in [5, 5.41) is 1.29. The summed E-state index contributed by atoms with van der Waals surface area (Å²) in [4.78, 5) is 8.11. The van der Waals surface area contributed by atoms with Crippen LogP contribution in [-0.4, -0.2) is 9.97 Å². The van der Waals surface area contributed by atoms with Crippen LogP contribution in [0.15, 0.2) is 77.4 Å². The van der Waals surface area contributed by atoms with Crippen LogP contribution in [-0.2, 0) is 6.42 Å².